The molecular weight excluding hydrogens is 263 g/mol. The molecule has 0 radical (unpaired) electrons. The van der Waals surface area contributed by atoms with Crippen LogP contribution in [0.4, 0.5) is 4.39 Å². The van der Waals surface area contributed by atoms with Gasteiger partial charge in [0.1, 0.15) is 5.82 Å². The van der Waals surface area contributed by atoms with Crippen LogP contribution in [0.3, 0.4) is 0 Å². The maximum Gasteiger partial charge on any atom is 0.397 e. The molecule has 1 aromatic carbocycles. The molecule has 0 aliphatic rings. The average molecular weight is 271 g/mol. The predicted molar refractivity (Wildman–Crippen MR) is 59.9 cm³/mol. The van der Waals surface area contributed by atoms with E-state index in [2.05, 4.69) is 19.4 Å². The monoisotopic (exact) mass is 270 g/mol. The Morgan fingerprint density at radius 2 is 2.33 bits per heavy atom. The molecule has 2 aromatic rings. The van der Waals surface area contributed by atoms with Gasteiger partial charge in [0, 0.05) is 6.42 Å². The van der Waals surface area contributed by atoms with Crippen LogP contribution in [-0.2, 0) is 11.2 Å². The Bertz CT molecular complexity index is 585. The molecule has 0 amide bonds. The number of carbonyl (C=O) groups excluding carboxylic acids is 1. The third kappa shape index (κ3) is 2.65. The fraction of sp³-hybridized carbons (Fsp3) is 0.182. The SMILES string of the molecule is COC(=O)c1nc(Cc2ccc(Cl)c(F)c2)no1. The van der Waals surface area contributed by atoms with Crippen LogP contribution in [0.15, 0.2) is 22.7 Å². The Morgan fingerprint density at radius 1 is 1.56 bits per heavy atom. The molecule has 5 nitrogen and oxygen atoms in total. The topological polar surface area (TPSA) is 65.2 Å². The molecule has 7 heteroatoms. The van der Waals surface area contributed by atoms with Crippen molar-refractivity contribution in [3.8, 4) is 0 Å². The van der Waals surface area contributed by atoms with Gasteiger partial charge in [-0.05, 0) is 17.7 Å². The molecule has 0 aliphatic heterocycles. The Balaban J connectivity index is 2.16. The van der Waals surface area contributed by atoms with Gasteiger partial charge in [-0.1, -0.05) is 22.8 Å². The number of carbonyl (C=O) groups is 1. The molecule has 0 bridgehead atoms. The maximum absolute atomic E-state index is 13.2. The highest BCUT2D eigenvalue weighted by atomic mass is 35.5. The normalized spacial score (nSPS) is 10.4. The van der Waals surface area contributed by atoms with Gasteiger partial charge in [-0.25, -0.2) is 9.18 Å². The lowest BCUT2D eigenvalue weighted by atomic mass is 10.1. The van der Waals surface area contributed by atoms with Crippen LogP contribution in [0.2, 0.25) is 5.02 Å². The minimum atomic E-state index is -0.712. The third-order valence-corrected chi connectivity index (χ3v) is 2.48. The summed E-state index contributed by atoms with van der Waals surface area (Å²) in [6.45, 7) is 0. The molecular formula is C11H8ClFN2O3. The van der Waals surface area contributed by atoms with Crippen molar-refractivity contribution in [3.05, 3.63) is 46.3 Å². The molecule has 0 spiro atoms. The fourth-order valence-electron chi connectivity index (χ4n) is 1.33. The second-order valence-corrected chi connectivity index (χ2v) is 3.84. The number of aromatic nitrogens is 2. The minimum absolute atomic E-state index is 0.0436. The van der Waals surface area contributed by atoms with Crippen LogP contribution in [0.25, 0.3) is 0 Å². The summed E-state index contributed by atoms with van der Waals surface area (Å²) in [5.74, 6) is -1.21. The van der Waals surface area contributed by atoms with Crippen molar-refractivity contribution in [2.75, 3.05) is 7.11 Å². The number of ether oxygens (including phenoxy) is 1. The second kappa shape index (κ2) is 5.14. The lowest BCUT2D eigenvalue weighted by Crippen LogP contribution is -2.01. The summed E-state index contributed by atoms with van der Waals surface area (Å²) in [4.78, 5) is 14.9. The van der Waals surface area contributed by atoms with E-state index in [0.29, 0.717) is 5.56 Å². The first kappa shape index (κ1) is 12.5. The van der Waals surface area contributed by atoms with Crippen LogP contribution in [0.1, 0.15) is 22.1 Å². The summed E-state index contributed by atoms with van der Waals surface area (Å²) < 4.78 is 22.3. The van der Waals surface area contributed by atoms with Gasteiger partial charge in [-0.2, -0.15) is 4.98 Å². The average Bonchev–Trinajstić information content (AvgIpc) is 2.81. The first-order valence-electron chi connectivity index (χ1n) is 4.95. The third-order valence-electron chi connectivity index (χ3n) is 2.17. The van der Waals surface area contributed by atoms with Crippen LogP contribution in [-0.4, -0.2) is 23.2 Å². The van der Waals surface area contributed by atoms with Gasteiger partial charge < -0.3 is 9.26 Å². The van der Waals surface area contributed by atoms with Gasteiger partial charge in [0.05, 0.1) is 12.1 Å². The van der Waals surface area contributed by atoms with Gasteiger partial charge in [0.25, 0.3) is 0 Å². The van der Waals surface area contributed by atoms with E-state index in [-0.39, 0.29) is 23.2 Å². The Morgan fingerprint density at radius 3 is 3.00 bits per heavy atom. The largest absolute Gasteiger partial charge is 0.462 e. The molecule has 18 heavy (non-hydrogen) atoms. The van der Waals surface area contributed by atoms with E-state index < -0.39 is 11.8 Å². The number of hydrogen-bond acceptors (Lipinski definition) is 5. The highest BCUT2D eigenvalue weighted by Gasteiger charge is 2.15. The van der Waals surface area contributed by atoms with Gasteiger partial charge >= 0.3 is 11.9 Å². The maximum atomic E-state index is 13.2. The van der Waals surface area contributed by atoms with Crippen LogP contribution in [0, 0.1) is 5.82 Å². The molecule has 0 fully saturated rings. The zero-order valence-electron chi connectivity index (χ0n) is 9.31. The van der Waals surface area contributed by atoms with Crippen molar-refractivity contribution in [1.82, 2.24) is 10.1 Å². The van der Waals surface area contributed by atoms with Gasteiger partial charge in [0.2, 0.25) is 0 Å². The van der Waals surface area contributed by atoms with E-state index in [1.165, 1.54) is 19.2 Å². The summed E-state index contributed by atoms with van der Waals surface area (Å²) in [6, 6.07) is 4.35. The lowest BCUT2D eigenvalue weighted by molar-refractivity contribution is 0.0545. The highest BCUT2D eigenvalue weighted by molar-refractivity contribution is 6.30. The van der Waals surface area contributed by atoms with E-state index in [1.807, 2.05) is 0 Å². The molecule has 0 N–H and O–H groups in total. The number of hydrogen-bond donors (Lipinski definition) is 0. The predicted octanol–water partition coefficient (Wildman–Crippen LogP) is 2.24. The number of rotatable bonds is 3. The minimum Gasteiger partial charge on any atom is -0.462 e. The number of benzene rings is 1. The van der Waals surface area contributed by atoms with E-state index in [9.17, 15) is 9.18 Å². The Kier molecular flexibility index (Phi) is 3.57. The zero-order valence-corrected chi connectivity index (χ0v) is 10.1. The standard InChI is InChI=1S/C11H8ClFN2O3/c1-17-11(16)10-14-9(15-18-10)5-6-2-3-7(12)8(13)4-6/h2-4H,5H2,1H3. The molecule has 0 atom stereocenters. The van der Waals surface area contributed by atoms with Crippen molar-refractivity contribution in [3.63, 3.8) is 0 Å². The quantitative estimate of drug-likeness (QED) is 0.800. The summed E-state index contributed by atoms with van der Waals surface area (Å²) in [7, 11) is 1.21. The Labute approximate surface area is 107 Å². The van der Waals surface area contributed by atoms with Crippen molar-refractivity contribution in [2.24, 2.45) is 0 Å². The summed E-state index contributed by atoms with van der Waals surface area (Å²) in [5, 5.41) is 3.63. The molecule has 0 aliphatic carbocycles. The number of esters is 1. The molecule has 1 heterocycles. The Hall–Kier alpha value is -1.95. The van der Waals surface area contributed by atoms with Crippen molar-refractivity contribution >= 4 is 17.6 Å². The zero-order chi connectivity index (χ0) is 13.1. The summed E-state index contributed by atoms with van der Waals surface area (Å²) >= 11 is 5.56. The first-order chi connectivity index (χ1) is 8.60. The smallest absolute Gasteiger partial charge is 0.397 e. The van der Waals surface area contributed by atoms with Crippen LogP contribution >= 0.6 is 11.6 Å². The van der Waals surface area contributed by atoms with Crippen molar-refractivity contribution < 1.29 is 18.4 Å². The summed E-state index contributed by atoms with van der Waals surface area (Å²) in [6.07, 6.45) is 0.231. The molecule has 94 valence electrons. The number of nitrogens with zero attached hydrogens (tertiary/aromatic N) is 2. The molecule has 0 saturated heterocycles. The molecule has 0 saturated carbocycles. The summed E-state index contributed by atoms with van der Waals surface area (Å²) in [5.41, 5.74) is 0.620. The van der Waals surface area contributed by atoms with Crippen molar-refractivity contribution in [2.45, 2.75) is 6.42 Å². The lowest BCUT2D eigenvalue weighted by Gasteiger charge is -1.98. The van der Waals surface area contributed by atoms with Gasteiger partial charge in [0.15, 0.2) is 5.82 Å². The van der Waals surface area contributed by atoms with Gasteiger partial charge in [-0.15, -0.1) is 0 Å². The van der Waals surface area contributed by atoms with Gasteiger partial charge in [-0.3, -0.25) is 0 Å². The van der Waals surface area contributed by atoms with E-state index >= 15 is 0 Å². The molecule has 1 aromatic heterocycles. The van der Waals surface area contributed by atoms with Crippen molar-refractivity contribution in [1.29, 1.82) is 0 Å². The van der Waals surface area contributed by atoms with E-state index in [1.54, 1.807) is 6.07 Å². The number of halogens is 2. The fourth-order valence-corrected chi connectivity index (χ4v) is 1.45. The first-order valence-corrected chi connectivity index (χ1v) is 5.33. The van der Waals surface area contributed by atoms with E-state index in [0.717, 1.165) is 0 Å². The number of methoxy groups -OCH3 is 1. The second-order valence-electron chi connectivity index (χ2n) is 3.43. The van der Waals surface area contributed by atoms with Crippen LogP contribution < -0.4 is 0 Å². The van der Waals surface area contributed by atoms with E-state index in [4.69, 9.17) is 11.6 Å². The van der Waals surface area contributed by atoms with Crippen LogP contribution in [0.5, 0.6) is 0 Å². The molecule has 2 rings (SSSR count). The highest BCUT2D eigenvalue weighted by Crippen LogP contribution is 2.17. The molecule has 0 unspecified atom stereocenters.